The lowest BCUT2D eigenvalue weighted by molar-refractivity contribution is 0.0781. The summed E-state index contributed by atoms with van der Waals surface area (Å²) < 4.78 is 5.45. The molecule has 1 aliphatic carbocycles. The van der Waals surface area contributed by atoms with Gasteiger partial charge >= 0.3 is 0 Å². The van der Waals surface area contributed by atoms with Crippen molar-refractivity contribution in [3.05, 3.63) is 47.7 Å². The molecule has 3 aromatic rings. The van der Waals surface area contributed by atoms with E-state index in [1.165, 1.54) is 0 Å². The van der Waals surface area contributed by atoms with E-state index < -0.39 is 0 Å². The fourth-order valence-electron chi connectivity index (χ4n) is 3.78. The van der Waals surface area contributed by atoms with Crippen LogP contribution in [0.3, 0.4) is 0 Å². The number of likely N-dealkylation sites (tertiary alicyclic amines) is 1. The van der Waals surface area contributed by atoms with Gasteiger partial charge in [-0.3, -0.25) is 4.79 Å². The molecule has 1 amide bonds. The normalized spacial score (nSPS) is 23.0. The van der Waals surface area contributed by atoms with Crippen molar-refractivity contribution in [1.82, 2.24) is 20.0 Å². The molecule has 1 aromatic carbocycles. The van der Waals surface area contributed by atoms with Crippen molar-refractivity contribution in [3.8, 4) is 0 Å². The summed E-state index contributed by atoms with van der Waals surface area (Å²) in [6.07, 6.45) is 4.08. The number of H-pyrrole nitrogens is 1. The number of benzene rings is 1. The smallest absolute Gasteiger partial charge is 0.253 e. The zero-order chi connectivity index (χ0) is 17.7. The van der Waals surface area contributed by atoms with Crippen LogP contribution in [0, 0.1) is 5.92 Å². The molecule has 1 aliphatic heterocycles. The Balaban J connectivity index is 1.38. The summed E-state index contributed by atoms with van der Waals surface area (Å²) in [5.74, 6) is 1.51. The molecule has 2 fully saturated rings. The SMILES string of the molecule is O=C(c1ccc2[nH]ccc2c1)N1CC(CO)C(c2nc(C3CC3)no2)C1. The number of hydrogen-bond donors (Lipinski definition) is 2. The molecule has 7 heteroatoms. The molecule has 1 saturated heterocycles. The monoisotopic (exact) mass is 352 g/mol. The van der Waals surface area contributed by atoms with Crippen LogP contribution in [0.2, 0.25) is 0 Å². The third-order valence-corrected chi connectivity index (χ3v) is 5.48. The second-order valence-corrected chi connectivity index (χ2v) is 7.30. The lowest BCUT2D eigenvalue weighted by Crippen LogP contribution is -2.29. The van der Waals surface area contributed by atoms with Crippen molar-refractivity contribution in [3.63, 3.8) is 0 Å². The summed E-state index contributed by atoms with van der Waals surface area (Å²) in [5.41, 5.74) is 1.66. The molecule has 2 aromatic heterocycles. The van der Waals surface area contributed by atoms with Crippen molar-refractivity contribution >= 4 is 16.8 Å². The van der Waals surface area contributed by atoms with E-state index in [-0.39, 0.29) is 24.3 Å². The Hall–Kier alpha value is -2.67. The molecule has 0 bridgehead atoms. The molecule has 3 heterocycles. The van der Waals surface area contributed by atoms with Crippen LogP contribution in [0.25, 0.3) is 10.9 Å². The first-order valence-corrected chi connectivity index (χ1v) is 9.03. The Morgan fingerprint density at radius 2 is 2.19 bits per heavy atom. The Kier molecular flexibility index (Phi) is 3.56. The second kappa shape index (κ2) is 5.95. The summed E-state index contributed by atoms with van der Waals surface area (Å²) in [7, 11) is 0. The van der Waals surface area contributed by atoms with E-state index in [1.807, 2.05) is 30.5 Å². The Labute approximate surface area is 150 Å². The topological polar surface area (TPSA) is 95.2 Å². The van der Waals surface area contributed by atoms with Gasteiger partial charge < -0.3 is 19.5 Å². The van der Waals surface area contributed by atoms with E-state index in [4.69, 9.17) is 4.52 Å². The lowest BCUT2D eigenvalue weighted by Gasteiger charge is -2.16. The maximum Gasteiger partial charge on any atom is 0.253 e. The number of nitrogens with zero attached hydrogens (tertiary/aromatic N) is 3. The highest BCUT2D eigenvalue weighted by Crippen LogP contribution is 2.40. The second-order valence-electron chi connectivity index (χ2n) is 7.30. The van der Waals surface area contributed by atoms with Gasteiger partial charge in [0, 0.05) is 54.2 Å². The molecule has 2 unspecified atom stereocenters. The number of amides is 1. The maximum atomic E-state index is 12.9. The zero-order valence-electron chi connectivity index (χ0n) is 14.3. The highest BCUT2D eigenvalue weighted by molar-refractivity contribution is 5.98. The molecular formula is C19H20N4O3. The van der Waals surface area contributed by atoms with E-state index in [0.29, 0.717) is 30.5 Å². The predicted molar refractivity (Wildman–Crippen MR) is 93.8 cm³/mol. The van der Waals surface area contributed by atoms with Crippen LogP contribution in [0.1, 0.15) is 46.8 Å². The van der Waals surface area contributed by atoms with Crippen molar-refractivity contribution in [2.24, 2.45) is 5.92 Å². The summed E-state index contributed by atoms with van der Waals surface area (Å²) in [6, 6.07) is 7.60. The first-order valence-electron chi connectivity index (χ1n) is 9.03. The summed E-state index contributed by atoms with van der Waals surface area (Å²) in [6.45, 7) is 0.973. The van der Waals surface area contributed by atoms with E-state index >= 15 is 0 Å². The van der Waals surface area contributed by atoms with E-state index in [9.17, 15) is 9.90 Å². The fraction of sp³-hybridized carbons (Fsp3) is 0.421. The number of carbonyl (C=O) groups excluding carboxylic acids is 1. The van der Waals surface area contributed by atoms with E-state index in [1.54, 1.807) is 4.90 Å². The van der Waals surface area contributed by atoms with Gasteiger partial charge in [-0.15, -0.1) is 0 Å². The highest BCUT2D eigenvalue weighted by Gasteiger charge is 2.40. The molecule has 26 heavy (non-hydrogen) atoms. The minimum atomic E-state index is -0.111. The maximum absolute atomic E-state index is 12.9. The van der Waals surface area contributed by atoms with Crippen LogP contribution in [0.5, 0.6) is 0 Å². The standard InChI is InChI=1S/C19H20N4O3/c24-10-14-8-23(9-15(14)18-21-17(22-26-18)11-1-2-11)19(25)13-3-4-16-12(7-13)5-6-20-16/h3-7,11,14-15,20,24H,1-2,8-10H2. The number of aliphatic hydroxyl groups is 1. The lowest BCUT2D eigenvalue weighted by atomic mass is 9.97. The van der Waals surface area contributed by atoms with Crippen molar-refractivity contribution in [2.45, 2.75) is 24.7 Å². The van der Waals surface area contributed by atoms with Gasteiger partial charge in [0.25, 0.3) is 5.91 Å². The van der Waals surface area contributed by atoms with E-state index in [0.717, 1.165) is 29.6 Å². The number of aliphatic hydroxyl groups excluding tert-OH is 1. The van der Waals surface area contributed by atoms with Crippen molar-refractivity contribution in [2.75, 3.05) is 19.7 Å². The third kappa shape index (κ3) is 2.59. The van der Waals surface area contributed by atoms with Gasteiger partial charge in [0.05, 0.1) is 5.92 Å². The summed E-state index contributed by atoms with van der Waals surface area (Å²) in [4.78, 5) is 22.4. The van der Waals surface area contributed by atoms with Gasteiger partial charge in [-0.1, -0.05) is 5.16 Å². The van der Waals surface area contributed by atoms with Crippen LogP contribution in [0.4, 0.5) is 0 Å². The molecule has 0 spiro atoms. The first kappa shape index (κ1) is 15.6. The molecule has 2 N–H and O–H groups in total. The first-order chi connectivity index (χ1) is 12.7. The number of aromatic nitrogens is 3. The number of nitrogens with one attached hydrogen (secondary N) is 1. The average molecular weight is 352 g/mol. The number of aromatic amines is 1. The summed E-state index contributed by atoms with van der Waals surface area (Å²) in [5, 5.41) is 14.9. The van der Waals surface area contributed by atoms with Crippen LogP contribution < -0.4 is 0 Å². The Morgan fingerprint density at radius 1 is 1.31 bits per heavy atom. The van der Waals surface area contributed by atoms with Gasteiger partial charge in [-0.2, -0.15) is 4.98 Å². The molecule has 134 valence electrons. The Morgan fingerprint density at radius 3 is 3.00 bits per heavy atom. The van der Waals surface area contributed by atoms with Gasteiger partial charge in [-0.05, 0) is 37.1 Å². The van der Waals surface area contributed by atoms with E-state index in [2.05, 4.69) is 15.1 Å². The number of fused-ring (bicyclic) bond motifs is 1. The molecule has 1 saturated carbocycles. The minimum Gasteiger partial charge on any atom is -0.396 e. The van der Waals surface area contributed by atoms with Gasteiger partial charge in [0.2, 0.25) is 5.89 Å². The highest BCUT2D eigenvalue weighted by atomic mass is 16.5. The molecule has 7 nitrogen and oxygen atoms in total. The number of carbonyl (C=O) groups is 1. The minimum absolute atomic E-state index is 0.00751. The van der Waals surface area contributed by atoms with Crippen LogP contribution >= 0.6 is 0 Å². The molecular weight excluding hydrogens is 332 g/mol. The van der Waals surface area contributed by atoms with Gasteiger partial charge in [0.1, 0.15) is 0 Å². The Bertz CT molecular complexity index is 959. The predicted octanol–water partition coefficient (Wildman–Crippen LogP) is 2.28. The fourth-order valence-corrected chi connectivity index (χ4v) is 3.78. The molecule has 2 aliphatic rings. The largest absolute Gasteiger partial charge is 0.396 e. The van der Waals surface area contributed by atoms with Gasteiger partial charge in [0.15, 0.2) is 5.82 Å². The quantitative estimate of drug-likeness (QED) is 0.751. The van der Waals surface area contributed by atoms with Crippen molar-refractivity contribution in [1.29, 1.82) is 0 Å². The summed E-state index contributed by atoms with van der Waals surface area (Å²) >= 11 is 0. The van der Waals surface area contributed by atoms with Crippen LogP contribution in [0.15, 0.2) is 35.0 Å². The number of hydrogen-bond acceptors (Lipinski definition) is 5. The van der Waals surface area contributed by atoms with Crippen LogP contribution in [-0.4, -0.2) is 50.7 Å². The van der Waals surface area contributed by atoms with Gasteiger partial charge in [-0.25, -0.2) is 0 Å². The average Bonchev–Trinajstić information content (AvgIpc) is 3.10. The molecule has 0 radical (unpaired) electrons. The van der Waals surface area contributed by atoms with Crippen molar-refractivity contribution < 1.29 is 14.4 Å². The molecule has 5 rings (SSSR count). The molecule has 2 atom stereocenters. The number of rotatable bonds is 4. The third-order valence-electron chi connectivity index (χ3n) is 5.48. The zero-order valence-corrected chi connectivity index (χ0v) is 14.3. The van der Waals surface area contributed by atoms with Crippen LogP contribution in [-0.2, 0) is 0 Å².